The second kappa shape index (κ2) is 6.02. The van der Waals surface area contributed by atoms with Gasteiger partial charge in [0.05, 0.1) is 12.5 Å². The van der Waals surface area contributed by atoms with Crippen LogP contribution in [-0.2, 0) is 9.53 Å². The first-order chi connectivity index (χ1) is 8.59. The third-order valence-electron chi connectivity index (χ3n) is 4.62. The van der Waals surface area contributed by atoms with Crippen molar-refractivity contribution in [2.24, 2.45) is 23.5 Å². The first kappa shape index (κ1) is 13.8. The first-order valence-electron chi connectivity index (χ1n) is 7.23. The summed E-state index contributed by atoms with van der Waals surface area (Å²) in [6, 6.07) is 0.224. The van der Waals surface area contributed by atoms with Gasteiger partial charge >= 0.3 is 0 Å². The standard InChI is InChI=1S/C14H26N2O2/c1-9-4-3-5-12(15)13(9)14(17)16-10(2)11-6-7-18-8-11/h9-13H,3-8,15H2,1-2H3,(H,16,17). The molecular formula is C14H26N2O2. The molecular weight excluding hydrogens is 228 g/mol. The molecule has 18 heavy (non-hydrogen) atoms. The Morgan fingerprint density at radius 3 is 2.78 bits per heavy atom. The summed E-state index contributed by atoms with van der Waals surface area (Å²) in [6.45, 7) is 5.82. The summed E-state index contributed by atoms with van der Waals surface area (Å²) in [6.07, 6.45) is 4.29. The lowest BCUT2D eigenvalue weighted by molar-refractivity contribution is -0.129. The van der Waals surface area contributed by atoms with Crippen molar-refractivity contribution < 1.29 is 9.53 Å². The minimum atomic E-state index is -0.0106. The summed E-state index contributed by atoms with van der Waals surface area (Å²) in [4.78, 5) is 12.4. The van der Waals surface area contributed by atoms with E-state index < -0.39 is 0 Å². The van der Waals surface area contributed by atoms with E-state index in [2.05, 4.69) is 19.2 Å². The van der Waals surface area contributed by atoms with Crippen LogP contribution in [0.25, 0.3) is 0 Å². The van der Waals surface area contributed by atoms with Crippen LogP contribution >= 0.6 is 0 Å². The summed E-state index contributed by atoms with van der Waals surface area (Å²) in [5.41, 5.74) is 6.11. The zero-order valence-electron chi connectivity index (χ0n) is 11.5. The summed E-state index contributed by atoms with van der Waals surface area (Å²) in [5.74, 6) is 1.00. The lowest BCUT2D eigenvalue weighted by Crippen LogP contribution is -2.50. The second-order valence-corrected chi connectivity index (χ2v) is 6.02. The summed E-state index contributed by atoms with van der Waals surface area (Å²) in [5, 5.41) is 3.15. The van der Waals surface area contributed by atoms with Gasteiger partial charge in [-0.2, -0.15) is 0 Å². The van der Waals surface area contributed by atoms with E-state index in [1.807, 2.05) is 0 Å². The molecule has 3 N–H and O–H groups in total. The molecule has 104 valence electrons. The highest BCUT2D eigenvalue weighted by Crippen LogP contribution is 2.29. The number of hydrogen-bond donors (Lipinski definition) is 2. The van der Waals surface area contributed by atoms with Gasteiger partial charge < -0.3 is 15.8 Å². The Kier molecular flexibility index (Phi) is 4.62. The Labute approximate surface area is 110 Å². The molecule has 2 rings (SSSR count). The van der Waals surface area contributed by atoms with Crippen LogP contribution in [0.4, 0.5) is 0 Å². The van der Waals surface area contributed by atoms with E-state index in [-0.39, 0.29) is 23.9 Å². The lowest BCUT2D eigenvalue weighted by atomic mass is 9.76. The third kappa shape index (κ3) is 3.04. The normalized spacial score (nSPS) is 38.4. The van der Waals surface area contributed by atoms with Gasteiger partial charge in [-0.05, 0) is 32.1 Å². The Balaban J connectivity index is 1.89. The van der Waals surface area contributed by atoms with Gasteiger partial charge in [-0.1, -0.05) is 13.3 Å². The van der Waals surface area contributed by atoms with Crippen molar-refractivity contribution >= 4 is 5.91 Å². The number of carbonyl (C=O) groups is 1. The number of carbonyl (C=O) groups excluding carboxylic acids is 1. The van der Waals surface area contributed by atoms with Crippen LogP contribution in [0.2, 0.25) is 0 Å². The number of rotatable bonds is 3. The van der Waals surface area contributed by atoms with E-state index >= 15 is 0 Å². The molecule has 0 aromatic rings. The largest absolute Gasteiger partial charge is 0.381 e. The zero-order valence-corrected chi connectivity index (χ0v) is 11.5. The maximum atomic E-state index is 12.4. The molecule has 5 atom stereocenters. The van der Waals surface area contributed by atoms with Crippen LogP contribution in [0.5, 0.6) is 0 Å². The van der Waals surface area contributed by atoms with Crippen molar-refractivity contribution in [1.82, 2.24) is 5.32 Å². The minimum Gasteiger partial charge on any atom is -0.381 e. The van der Waals surface area contributed by atoms with Crippen molar-refractivity contribution in [2.45, 2.75) is 51.6 Å². The molecule has 4 nitrogen and oxygen atoms in total. The highest BCUT2D eigenvalue weighted by Gasteiger charge is 2.35. The average molecular weight is 254 g/mol. The predicted octanol–water partition coefficient (Wildman–Crippen LogP) is 1.29. The van der Waals surface area contributed by atoms with Gasteiger partial charge in [0.25, 0.3) is 0 Å². The van der Waals surface area contributed by atoms with Crippen LogP contribution < -0.4 is 11.1 Å². The van der Waals surface area contributed by atoms with E-state index in [1.54, 1.807) is 0 Å². The average Bonchev–Trinajstić information content (AvgIpc) is 2.81. The number of hydrogen-bond acceptors (Lipinski definition) is 3. The highest BCUT2D eigenvalue weighted by atomic mass is 16.5. The maximum absolute atomic E-state index is 12.4. The second-order valence-electron chi connectivity index (χ2n) is 6.02. The van der Waals surface area contributed by atoms with Crippen molar-refractivity contribution in [3.05, 3.63) is 0 Å². The van der Waals surface area contributed by atoms with Crippen molar-refractivity contribution in [2.75, 3.05) is 13.2 Å². The minimum absolute atomic E-state index is 0.0106. The molecule has 2 fully saturated rings. The Morgan fingerprint density at radius 2 is 2.17 bits per heavy atom. The van der Waals surface area contributed by atoms with E-state index in [1.165, 1.54) is 0 Å². The number of nitrogens with two attached hydrogens (primary N) is 1. The van der Waals surface area contributed by atoms with Crippen LogP contribution in [0.1, 0.15) is 39.5 Å². The SMILES string of the molecule is CC1CCCC(N)C1C(=O)NC(C)C1CCOC1. The van der Waals surface area contributed by atoms with Gasteiger partial charge in [0.15, 0.2) is 0 Å². The van der Waals surface area contributed by atoms with Crippen molar-refractivity contribution in [3.63, 3.8) is 0 Å². The molecule has 1 aliphatic carbocycles. The molecule has 5 unspecified atom stereocenters. The molecule has 0 bridgehead atoms. The molecule has 1 amide bonds. The predicted molar refractivity (Wildman–Crippen MR) is 71.0 cm³/mol. The monoisotopic (exact) mass is 254 g/mol. The lowest BCUT2D eigenvalue weighted by Gasteiger charge is -2.34. The third-order valence-corrected chi connectivity index (χ3v) is 4.62. The van der Waals surface area contributed by atoms with Gasteiger partial charge in [0.1, 0.15) is 0 Å². The molecule has 0 spiro atoms. The fourth-order valence-corrected chi connectivity index (χ4v) is 3.30. The molecule has 1 saturated carbocycles. The smallest absolute Gasteiger partial charge is 0.225 e. The zero-order chi connectivity index (χ0) is 13.1. The Bertz CT molecular complexity index is 280. The molecule has 1 heterocycles. The van der Waals surface area contributed by atoms with E-state index in [0.717, 1.165) is 38.9 Å². The number of ether oxygens (including phenoxy) is 1. The first-order valence-corrected chi connectivity index (χ1v) is 7.23. The quantitative estimate of drug-likeness (QED) is 0.797. The van der Waals surface area contributed by atoms with Crippen molar-refractivity contribution in [3.8, 4) is 0 Å². The van der Waals surface area contributed by atoms with Gasteiger partial charge in [0, 0.05) is 24.6 Å². The van der Waals surface area contributed by atoms with Crippen LogP contribution in [0.3, 0.4) is 0 Å². The van der Waals surface area contributed by atoms with Crippen LogP contribution in [-0.4, -0.2) is 31.2 Å². The Hall–Kier alpha value is -0.610. The molecule has 0 aromatic carbocycles. The number of amides is 1. The summed E-state index contributed by atoms with van der Waals surface area (Å²) in [7, 11) is 0. The fourth-order valence-electron chi connectivity index (χ4n) is 3.30. The van der Waals surface area contributed by atoms with Crippen molar-refractivity contribution in [1.29, 1.82) is 0 Å². The van der Waals surface area contributed by atoms with Gasteiger partial charge in [-0.3, -0.25) is 4.79 Å². The Morgan fingerprint density at radius 1 is 1.39 bits per heavy atom. The van der Waals surface area contributed by atoms with Crippen LogP contribution in [0.15, 0.2) is 0 Å². The molecule has 0 aromatic heterocycles. The molecule has 2 aliphatic rings. The van der Waals surface area contributed by atoms with E-state index in [4.69, 9.17) is 10.5 Å². The van der Waals surface area contributed by atoms with Gasteiger partial charge in [0.2, 0.25) is 5.91 Å². The molecule has 0 radical (unpaired) electrons. The summed E-state index contributed by atoms with van der Waals surface area (Å²) >= 11 is 0. The van der Waals surface area contributed by atoms with Crippen LogP contribution in [0, 0.1) is 17.8 Å². The summed E-state index contributed by atoms with van der Waals surface area (Å²) < 4.78 is 5.37. The van der Waals surface area contributed by atoms with Gasteiger partial charge in [-0.15, -0.1) is 0 Å². The highest BCUT2D eigenvalue weighted by molar-refractivity contribution is 5.80. The van der Waals surface area contributed by atoms with E-state index in [9.17, 15) is 4.79 Å². The molecule has 1 saturated heterocycles. The van der Waals surface area contributed by atoms with E-state index in [0.29, 0.717) is 11.8 Å². The van der Waals surface area contributed by atoms with Gasteiger partial charge in [-0.25, -0.2) is 0 Å². The molecule has 1 aliphatic heterocycles. The topological polar surface area (TPSA) is 64.4 Å². The number of nitrogens with one attached hydrogen (secondary N) is 1. The maximum Gasteiger partial charge on any atom is 0.225 e. The fraction of sp³-hybridized carbons (Fsp3) is 0.929. The molecule has 4 heteroatoms.